The van der Waals surface area contributed by atoms with E-state index in [1.54, 1.807) is 25.8 Å². The van der Waals surface area contributed by atoms with Crippen molar-refractivity contribution in [1.82, 2.24) is 14.5 Å². The van der Waals surface area contributed by atoms with E-state index in [-0.39, 0.29) is 17.0 Å². The second-order valence-electron chi connectivity index (χ2n) is 15.3. The molecule has 2 amide bonds. The lowest BCUT2D eigenvalue weighted by Crippen LogP contribution is -2.58. The zero-order valence-electron chi connectivity index (χ0n) is 36.1. The Kier molecular flexibility index (Phi) is 13.3. The molecule has 5 heterocycles. The first-order valence-corrected chi connectivity index (χ1v) is 20.8. The van der Waals surface area contributed by atoms with Crippen LogP contribution in [0.15, 0.2) is 83.8 Å². The molecular formula is C47H60N6O6. The number of nitrogens with zero attached hydrogens (tertiary/aromatic N) is 4. The SMILES string of the molecule is CC.CC.COc1ccc(CNc2nccc3c(N(C)CC45CC(COc6cc(C)n(C)c(=O)c6)(CN4C(=O)Nc4ccc6c(c4)CCCO6)C5)cccc23)c(OC)c1. The summed E-state index contributed by atoms with van der Waals surface area (Å²) >= 11 is 0. The Morgan fingerprint density at radius 1 is 0.949 bits per heavy atom. The van der Waals surface area contributed by atoms with Crippen molar-refractivity contribution in [2.45, 2.75) is 72.4 Å². The Balaban J connectivity index is 0.00000142. The number of pyridine rings is 2. The molecule has 2 bridgehead atoms. The molecule has 314 valence electrons. The van der Waals surface area contributed by atoms with E-state index in [1.165, 1.54) is 6.07 Å². The van der Waals surface area contributed by atoms with E-state index in [4.69, 9.17) is 23.9 Å². The average Bonchev–Trinajstić information content (AvgIpc) is 3.75. The number of carbonyl (C=O) groups is 1. The summed E-state index contributed by atoms with van der Waals surface area (Å²) in [6.07, 6.45) is 5.27. The van der Waals surface area contributed by atoms with E-state index in [1.807, 2.05) is 94.2 Å². The van der Waals surface area contributed by atoms with E-state index in [0.29, 0.717) is 38.6 Å². The van der Waals surface area contributed by atoms with Gasteiger partial charge in [0.05, 0.1) is 33.0 Å². The van der Waals surface area contributed by atoms with Gasteiger partial charge in [-0.3, -0.25) is 4.79 Å². The number of fused-ring (bicyclic) bond motifs is 3. The quantitative estimate of drug-likeness (QED) is 0.128. The van der Waals surface area contributed by atoms with E-state index >= 15 is 0 Å². The summed E-state index contributed by atoms with van der Waals surface area (Å²) in [5, 5.41) is 8.79. The number of anilines is 3. The molecule has 0 spiro atoms. The van der Waals surface area contributed by atoms with Gasteiger partial charge in [0.25, 0.3) is 5.56 Å². The first-order chi connectivity index (χ1) is 28.6. The van der Waals surface area contributed by atoms with E-state index < -0.39 is 5.54 Å². The Morgan fingerprint density at radius 3 is 2.49 bits per heavy atom. The van der Waals surface area contributed by atoms with E-state index in [9.17, 15) is 9.59 Å². The van der Waals surface area contributed by atoms with Crippen LogP contribution in [0.5, 0.6) is 23.0 Å². The van der Waals surface area contributed by atoms with Crippen molar-refractivity contribution < 1.29 is 23.7 Å². The molecule has 3 aliphatic heterocycles. The number of methoxy groups -OCH3 is 2. The number of hydrogen-bond donors (Lipinski definition) is 2. The predicted octanol–water partition coefficient (Wildman–Crippen LogP) is 8.83. The number of nitrogens with one attached hydrogen (secondary N) is 2. The molecule has 3 aromatic carbocycles. The standard InChI is InChI=1S/C43H48N6O6.2C2H6/c1-28-18-33(21-39(50)48(28)3)55-27-42-23-43(24-42,49(25-42)41(51)46-31-12-14-37-29(19-31)8-7-17-54-37)26-47(2)36-10-6-9-35-34(36)15-16-44-40(35)45-22-30-11-13-32(52-4)20-38(30)53-5;2*1-2/h6,9-16,18-21H,7-8,17,22-27H2,1-5H3,(H,44,45)(H,46,51);2*1-2H3. The molecule has 0 unspecified atom stereocenters. The lowest BCUT2D eigenvalue weighted by Gasteiger charge is -2.49. The Morgan fingerprint density at radius 2 is 1.75 bits per heavy atom. The van der Waals surface area contributed by atoms with Gasteiger partial charge in [-0.2, -0.15) is 0 Å². The molecule has 59 heavy (non-hydrogen) atoms. The predicted molar refractivity (Wildman–Crippen MR) is 237 cm³/mol. The van der Waals surface area contributed by atoms with Crippen LogP contribution in [0.1, 0.15) is 63.8 Å². The summed E-state index contributed by atoms with van der Waals surface area (Å²) in [4.78, 5) is 35.8. The monoisotopic (exact) mass is 804 g/mol. The molecule has 0 atom stereocenters. The zero-order chi connectivity index (χ0) is 42.3. The highest BCUT2D eigenvalue weighted by molar-refractivity contribution is 6.00. The van der Waals surface area contributed by atoms with Crippen LogP contribution in [-0.2, 0) is 20.0 Å². The van der Waals surface area contributed by atoms with Gasteiger partial charge in [0, 0.05) is 90.9 Å². The number of amides is 2. The maximum atomic E-state index is 14.3. The number of benzene rings is 3. The second kappa shape index (κ2) is 18.3. The van der Waals surface area contributed by atoms with Gasteiger partial charge in [-0.25, -0.2) is 9.78 Å². The lowest BCUT2D eigenvalue weighted by atomic mass is 9.62. The molecule has 12 nitrogen and oxygen atoms in total. The summed E-state index contributed by atoms with van der Waals surface area (Å²) in [6, 6.07) is 23.3. The maximum absolute atomic E-state index is 14.3. The van der Waals surface area contributed by atoms with Crippen LogP contribution in [-0.4, -0.2) is 73.6 Å². The van der Waals surface area contributed by atoms with Crippen molar-refractivity contribution in [2.24, 2.45) is 12.5 Å². The fraction of sp³-hybridized carbons (Fsp3) is 0.426. The van der Waals surface area contributed by atoms with Gasteiger partial charge < -0.3 is 43.9 Å². The van der Waals surface area contributed by atoms with Crippen LogP contribution in [0.4, 0.5) is 22.0 Å². The molecular weight excluding hydrogens is 745 g/mol. The molecule has 3 fully saturated rings. The van der Waals surface area contributed by atoms with Crippen LogP contribution in [0.25, 0.3) is 10.8 Å². The summed E-state index contributed by atoms with van der Waals surface area (Å²) in [5.74, 6) is 3.69. The van der Waals surface area contributed by atoms with Crippen LogP contribution in [0.2, 0.25) is 0 Å². The van der Waals surface area contributed by atoms with Crippen molar-refractivity contribution in [3.05, 3.63) is 106 Å². The van der Waals surface area contributed by atoms with Crippen molar-refractivity contribution in [2.75, 3.05) is 63.1 Å². The van der Waals surface area contributed by atoms with Gasteiger partial charge in [-0.15, -0.1) is 0 Å². The van der Waals surface area contributed by atoms with E-state index in [2.05, 4.69) is 40.8 Å². The van der Waals surface area contributed by atoms with Gasteiger partial charge in [-0.05, 0) is 86.7 Å². The van der Waals surface area contributed by atoms with E-state index in [0.717, 1.165) is 87.7 Å². The first-order valence-electron chi connectivity index (χ1n) is 20.8. The second-order valence-corrected chi connectivity index (χ2v) is 15.3. The molecule has 0 radical (unpaired) electrons. The van der Waals surface area contributed by atoms with Gasteiger partial charge in [0.2, 0.25) is 0 Å². The number of ether oxygens (including phenoxy) is 4. The van der Waals surface area contributed by atoms with Gasteiger partial charge in [0.15, 0.2) is 0 Å². The Hall–Kier alpha value is -5.91. The minimum atomic E-state index is -0.427. The summed E-state index contributed by atoms with van der Waals surface area (Å²) in [7, 11) is 7.14. The highest BCUT2D eigenvalue weighted by Crippen LogP contribution is 2.60. The third-order valence-electron chi connectivity index (χ3n) is 11.6. The molecule has 12 heteroatoms. The van der Waals surface area contributed by atoms with Crippen molar-refractivity contribution in [1.29, 1.82) is 0 Å². The van der Waals surface area contributed by atoms with Gasteiger partial charge in [0.1, 0.15) is 28.8 Å². The molecule has 5 aromatic rings. The number of aromatic nitrogens is 2. The van der Waals surface area contributed by atoms with Gasteiger partial charge >= 0.3 is 6.03 Å². The van der Waals surface area contributed by atoms with Crippen molar-refractivity contribution >= 4 is 34.0 Å². The lowest BCUT2D eigenvalue weighted by molar-refractivity contribution is 0.0425. The number of rotatable bonds is 12. The molecule has 2 N–H and O–H groups in total. The topological polar surface area (TPSA) is 119 Å². The average molecular weight is 805 g/mol. The number of likely N-dealkylation sites (N-methyl/N-ethyl adjacent to an activating group) is 1. The number of carbonyl (C=O) groups excluding carboxylic acids is 1. The third-order valence-corrected chi connectivity index (χ3v) is 11.6. The summed E-state index contributed by atoms with van der Waals surface area (Å²) in [6.45, 7) is 12.7. The highest BCUT2D eigenvalue weighted by atomic mass is 16.5. The summed E-state index contributed by atoms with van der Waals surface area (Å²) in [5.41, 5.74) is 3.96. The maximum Gasteiger partial charge on any atom is 0.322 e. The normalized spacial score (nSPS) is 18.4. The third kappa shape index (κ3) is 8.77. The van der Waals surface area contributed by atoms with Gasteiger partial charge in [-0.1, -0.05) is 39.8 Å². The molecule has 2 aromatic heterocycles. The fourth-order valence-electron chi connectivity index (χ4n) is 8.84. The largest absolute Gasteiger partial charge is 0.497 e. The number of hydrogen-bond acceptors (Lipinski definition) is 9. The zero-order valence-corrected chi connectivity index (χ0v) is 36.1. The highest BCUT2D eigenvalue weighted by Gasteiger charge is 2.67. The van der Waals surface area contributed by atoms with Crippen LogP contribution < -0.4 is 40.0 Å². The minimum absolute atomic E-state index is 0.107. The van der Waals surface area contributed by atoms with Crippen LogP contribution >= 0.6 is 0 Å². The van der Waals surface area contributed by atoms with Crippen LogP contribution in [0, 0.1) is 12.3 Å². The number of urea groups is 1. The Bertz CT molecular complexity index is 2320. The molecule has 2 saturated heterocycles. The molecule has 1 saturated carbocycles. The fourth-order valence-corrected chi connectivity index (χ4v) is 8.84. The molecule has 4 aliphatic rings. The number of aryl methyl sites for hydroxylation is 2. The van der Waals surface area contributed by atoms with Crippen LogP contribution in [0.3, 0.4) is 0 Å². The molecule has 1 aliphatic carbocycles. The smallest absolute Gasteiger partial charge is 0.322 e. The molecule has 9 rings (SSSR count). The summed E-state index contributed by atoms with van der Waals surface area (Å²) < 4.78 is 24.7. The first kappa shape index (κ1) is 42.7. The van der Waals surface area contributed by atoms with Crippen molar-refractivity contribution in [3.63, 3.8) is 0 Å². The minimum Gasteiger partial charge on any atom is -0.497 e. The van der Waals surface area contributed by atoms with Crippen molar-refractivity contribution in [3.8, 4) is 23.0 Å². The Labute approximate surface area is 348 Å².